The topological polar surface area (TPSA) is 49.9 Å². The molecular formula is C16H19FN2O3. The summed E-state index contributed by atoms with van der Waals surface area (Å²) in [5.41, 5.74) is 0.884. The summed E-state index contributed by atoms with van der Waals surface area (Å²) in [5, 5.41) is 0. The lowest BCUT2D eigenvalue weighted by atomic mass is 10.1. The monoisotopic (exact) mass is 306 g/mol. The Morgan fingerprint density at radius 1 is 1.27 bits per heavy atom. The largest absolute Gasteiger partial charge is 0.371 e. The molecule has 2 fully saturated rings. The standard InChI is InChI=1S/C16H19FN2O3/c1-2-19-15(20)9-13(16(19)21)18-7-8-22-14(10-18)11-3-5-12(17)6-4-11/h3-6,13-14H,2,7-10H2,1H3/t13-,14-/m1/s1. The van der Waals surface area contributed by atoms with Crippen molar-refractivity contribution in [2.45, 2.75) is 25.5 Å². The Labute approximate surface area is 128 Å². The molecule has 0 unspecified atom stereocenters. The van der Waals surface area contributed by atoms with Gasteiger partial charge in [0.2, 0.25) is 11.8 Å². The number of benzene rings is 1. The van der Waals surface area contributed by atoms with E-state index in [-0.39, 0.29) is 36.2 Å². The molecule has 5 nitrogen and oxygen atoms in total. The van der Waals surface area contributed by atoms with Crippen molar-refractivity contribution in [3.8, 4) is 0 Å². The summed E-state index contributed by atoms with van der Waals surface area (Å²) in [7, 11) is 0. The van der Waals surface area contributed by atoms with E-state index in [0.717, 1.165) is 5.56 Å². The number of halogens is 1. The maximum absolute atomic E-state index is 13.0. The van der Waals surface area contributed by atoms with Crippen LogP contribution in [-0.2, 0) is 14.3 Å². The van der Waals surface area contributed by atoms with Gasteiger partial charge in [-0.25, -0.2) is 4.39 Å². The molecule has 3 rings (SSSR count). The maximum atomic E-state index is 13.0. The minimum Gasteiger partial charge on any atom is -0.371 e. The molecule has 0 aromatic heterocycles. The zero-order valence-electron chi connectivity index (χ0n) is 12.5. The van der Waals surface area contributed by atoms with Crippen molar-refractivity contribution in [2.75, 3.05) is 26.2 Å². The molecule has 0 aliphatic carbocycles. The number of imide groups is 1. The summed E-state index contributed by atoms with van der Waals surface area (Å²) in [5.74, 6) is -0.513. The Morgan fingerprint density at radius 3 is 2.64 bits per heavy atom. The maximum Gasteiger partial charge on any atom is 0.247 e. The lowest BCUT2D eigenvalue weighted by Crippen LogP contribution is -2.48. The van der Waals surface area contributed by atoms with Crippen molar-refractivity contribution in [3.05, 3.63) is 35.6 Å². The third-order valence-electron chi connectivity index (χ3n) is 4.32. The second kappa shape index (κ2) is 6.14. The van der Waals surface area contributed by atoms with Gasteiger partial charge < -0.3 is 4.74 Å². The van der Waals surface area contributed by atoms with E-state index in [1.807, 2.05) is 4.90 Å². The molecule has 22 heavy (non-hydrogen) atoms. The number of morpholine rings is 1. The number of ether oxygens (including phenoxy) is 1. The molecular weight excluding hydrogens is 287 g/mol. The summed E-state index contributed by atoms with van der Waals surface area (Å²) < 4.78 is 18.7. The number of amides is 2. The molecule has 2 atom stereocenters. The van der Waals surface area contributed by atoms with Crippen LogP contribution in [0.3, 0.4) is 0 Å². The number of likely N-dealkylation sites (tertiary alicyclic amines) is 1. The number of likely N-dealkylation sites (N-methyl/N-ethyl adjacent to an activating group) is 1. The highest BCUT2D eigenvalue weighted by Gasteiger charge is 2.42. The SMILES string of the molecule is CCN1C(=O)C[C@@H](N2CCO[C@@H](c3ccc(F)cc3)C2)C1=O. The van der Waals surface area contributed by atoms with Gasteiger partial charge in [-0.05, 0) is 24.6 Å². The van der Waals surface area contributed by atoms with E-state index < -0.39 is 0 Å². The molecule has 0 radical (unpaired) electrons. The van der Waals surface area contributed by atoms with Gasteiger partial charge in [0, 0.05) is 19.6 Å². The second-order valence-corrected chi connectivity index (χ2v) is 5.60. The van der Waals surface area contributed by atoms with E-state index in [4.69, 9.17) is 4.74 Å². The van der Waals surface area contributed by atoms with Crippen LogP contribution in [0.2, 0.25) is 0 Å². The fourth-order valence-corrected chi connectivity index (χ4v) is 3.11. The fourth-order valence-electron chi connectivity index (χ4n) is 3.11. The van der Waals surface area contributed by atoms with Gasteiger partial charge >= 0.3 is 0 Å². The van der Waals surface area contributed by atoms with E-state index in [1.165, 1.54) is 17.0 Å². The Hall–Kier alpha value is -1.79. The van der Waals surface area contributed by atoms with Gasteiger partial charge in [-0.3, -0.25) is 19.4 Å². The van der Waals surface area contributed by atoms with Crippen LogP contribution in [0.15, 0.2) is 24.3 Å². The molecule has 2 saturated heterocycles. The van der Waals surface area contributed by atoms with Crippen molar-refractivity contribution >= 4 is 11.8 Å². The van der Waals surface area contributed by atoms with Crippen LogP contribution in [0.1, 0.15) is 25.0 Å². The van der Waals surface area contributed by atoms with Gasteiger partial charge in [0.1, 0.15) is 5.82 Å². The number of carbonyl (C=O) groups excluding carboxylic acids is 2. The average molecular weight is 306 g/mol. The number of hydrogen-bond donors (Lipinski definition) is 0. The number of carbonyl (C=O) groups is 2. The van der Waals surface area contributed by atoms with Gasteiger partial charge in [-0.2, -0.15) is 0 Å². The van der Waals surface area contributed by atoms with E-state index in [9.17, 15) is 14.0 Å². The van der Waals surface area contributed by atoms with Gasteiger partial charge in [-0.1, -0.05) is 12.1 Å². The summed E-state index contributed by atoms with van der Waals surface area (Å²) >= 11 is 0. The first kappa shape index (κ1) is 15.1. The van der Waals surface area contributed by atoms with E-state index in [1.54, 1.807) is 19.1 Å². The lowest BCUT2D eigenvalue weighted by molar-refractivity contribution is -0.140. The van der Waals surface area contributed by atoms with Crippen LogP contribution in [-0.4, -0.2) is 53.9 Å². The Bertz CT molecular complexity index is 575. The van der Waals surface area contributed by atoms with Gasteiger partial charge in [0.05, 0.1) is 25.2 Å². The smallest absolute Gasteiger partial charge is 0.247 e. The number of nitrogens with zero attached hydrogens (tertiary/aromatic N) is 2. The molecule has 0 N–H and O–H groups in total. The number of hydrogen-bond acceptors (Lipinski definition) is 4. The minimum atomic E-state index is -0.390. The Balaban J connectivity index is 1.72. The molecule has 2 aliphatic heterocycles. The fraction of sp³-hybridized carbons (Fsp3) is 0.500. The van der Waals surface area contributed by atoms with Crippen molar-refractivity contribution in [1.82, 2.24) is 9.80 Å². The highest BCUT2D eigenvalue weighted by Crippen LogP contribution is 2.27. The molecule has 2 heterocycles. The zero-order chi connectivity index (χ0) is 15.7. The third-order valence-corrected chi connectivity index (χ3v) is 4.32. The van der Waals surface area contributed by atoms with Gasteiger partial charge in [0.25, 0.3) is 0 Å². The lowest BCUT2D eigenvalue weighted by Gasteiger charge is -2.35. The highest BCUT2D eigenvalue weighted by atomic mass is 19.1. The summed E-state index contributed by atoms with van der Waals surface area (Å²) in [6, 6.07) is 5.81. The average Bonchev–Trinajstić information content (AvgIpc) is 2.82. The molecule has 1 aromatic carbocycles. The minimum absolute atomic E-state index is 0.109. The van der Waals surface area contributed by atoms with Crippen LogP contribution in [0.25, 0.3) is 0 Å². The molecule has 118 valence electrons. The molecule has 2 amide bonds. The summed E-state index contributed by atoms with van der Waals surface area (Å²) in [6.07, 6.45) is 0.0379. The highest BCUT2D eigenvalue weighted by molar-refractivity contribution is 6.05. The zero-order valence-corrected chi connectivity index (χ0v) is 12.5. The molecule has 6 heteroatoms. The predicted molar refractivity (Wildman–Crippen MR) is 77.5 cm³/mol. The van der Waals surface area contributed by atoms with E-state index in [2.05, 4.69) is 0 Å². The van der Waals surface area contributed by atoms with E-state index >= 15 is 0 Å². The summed E-state index contributed by atoms with van der Waals surface area (Å²) in [4.78, 5) is 27.5. The first-order valence-electron chi connectivity index (χ1n) is 7.55. The normalized spacial score (nSPS) is 26.7. The Kier molecular flexibility index (Phi) is 4.22. The van der Waals surface area contributed by atoms with Crippen molar-refractivity contribution in [3.63, 3.8) is 0 Å². The van der Waals surface area contributed by atoms with Crippen LogP contribution in [0.4, 0.5) is 4.39 Å². The van der Waals surface area contributed by atoms with Gasteiger partial charge in [-0.15, -0.1) is 0 Å². The third kappa shape index (κ3) is 2.76. The van der Waals surface area contributed by atoms with Crippen LogP contribution in [0, 0.1) is 5.82 Å². The molecule has 0 bridgehead atoms. The Morgan fingerprint density at radius 2 is 2.00 bits per heavy atom. The van der Waals surface area contributed by atoms with Crippen molar-refractivity contribution in [2.24, 2.45) is 0 Å². The summed E-state index contributed by atoms with van der Waals surface area (Å²) in [6.45, 7) is 3.87. The molecule has 0 spiro atoms. The van der Waals surface area contributed by atoms with Gasteiger partial charge in [0.15, 0.2) is 0 Å². The quantitative estimate of drug-likeness (QED) is 0.791. The molecule has 0 saturated carbocycles. The second-order valence-electron chi connectivity index (χ2n) is 5.60. The number of rotatable bonds is 3. The van der Waals surface area contributed by atoms with Crippen LogP contribution >= 0.6 is 0 Å². The van der Waals surface area contributed by atoms with Crippen LogP contribution in [0.5, 0.6) is 0 Å². The van der Waals surface area contributed by atoms with Crippen molar-refractivity contribution < 1.29 is 18.7 Å². The molecule has 1 aromatic rings. The first-order chi connectivity index (χ1) is 10.6. The first-order valence-corrected chi connectivity index (χ1v) is 7.55. The van der Waals surface area contributed by atoms with E-state index in [0.29, 0.717) is 26.2 Å². The van der Waals surface area contributed by atoms with Crippen LogP contribution < -0.4 is 0 Å². The van der Waals surface area contributed by atoms with Crippen molar-refractivity contribution in [1.29, 1.82) is 0 Å². The molecule has 2 aliphatic rings. The predicted octanol–water partition coefficient (Wildman–Crippen LogP) is 1.35.